The summed E-state index contributed by atoms with van der Waals surface area (Å²) in [5.74, 6) is 0. The Bertz CT molecular complexity index is 923. The van der Waals surface area contributed by atoms with Crippen molar-refractivity contribution in [3.8, 4) is 0 Å². The summed E-state index contributed by atoms with van der Waals surface area (Å²) in [6, 6.07) is 6.32. The van der Waals surface area contributed by atoms with Crippen molar-refractivity contribution in [2.75, 3.05) is 12.0 Å². The van der Waals surface area contributed by atoms with Gasteiger partial charge in [0.25, 0.3) is 5.56 Å². The maximum absolute atomic E-state index is 12.0. The van der Waals surface area contributed by atoms with Crippen LogP contribution in [0.2, 0.25) is 5.02 Å². The number of benzene rings is 1. The van der Waals surface area contributed by atoms with Crippen LogP contribution in [0.15, 0.2) is 45.3 Å². The second-order valence-corrected chi connectivity index (χ2v) is 7.30. The van der Waals surface area contributed by atoms with Gasteiger partial charge < -0.3 is 0 Å². The molecule has 0 saturated carbocycles. The summed E-state index contributed by atoms with van der Waals surface area (Å²) in [5, 5.41) is 9.92. The first-order chi connectivity index (χ1) is 11.8. The fraction of sp³-hybridized carbons (Fsp3) is 0.267. The van der Waals surface area contributed by atoms with Crippen LogP contribution in [0.5, 0.6) is 0 Å². The zero-order valence-electron chi connectivity index (χ0n) is 13.7. The molecule has 134 valence electrons. The van der Waals surface area contributed by atoms with E-state index in [4.69, 9.17) is 11.6 Å². The van der Waals surface area contributed by atoms with E-state index in [9.17, 15) is 13.2 Å². The minimum Gasteiger partial charge on any atom is -0.275 e. The van der Waals surface area contributed by atoms with Crippen molar-refractivity contribution in [2.24, 2.45) is 5.10 Å². The zero-order chi connectivity index (χ0) is 18.4. The number of aromatic amines is 1. The standard InChI is InChI=1S/C15H18ClN5O3S/c1-3-8-18-25(23,24)12-6-4-11(5-7-12)10(2)19-20-13-9-17-21-15(22)14(13)16/h4-7,9,18H,3,8H2,1-2H3,(H2,20,21,22)/b19-10-. The normalized spacial score (nSPS) is 12.2. The van der Waals surface area contributed by atoms with E-state index in [-0.39, 0.29) is 15.6 Å². The number of hydrogen-bond donors (Lipinski definition) is 3. The summed E-state index contributed by atoms with van der Waals surface area (Å²) >= 11 is 5.85. The molecule has 1 aromatic heterocycles. The largest absolute Gasteiger partial charge is 0.285 e. The molecular weight excluding hydrogens is 366 g/mol. The molecule has 1 aromatic carbocycles. The minimum atomic E-state index is -3.50. The molecule has 0 aliphatic rings. The van der Waals surface area contributed by atoms with Crippen molar-refractivity contribution in [3.05, 3.63) is 51.4 Å². The average molecular weight is 384 g/mol. The number of aromatic nitrogens is 2. The summed E-state index contributed by atoms with van der Waals surface area (Å²) in [6.07, 6.45) is 2.06. The molecule has 0 radical (unpaired) electrons. The summed E-state index contributed by atoms with van der Waals surface area (Å²) in [5.41, 5.74) is 3.72. The lowest BCUT2D eigenvalue weighted by Crippen LogP contribution is -2.24. The molecule has 0 spiro atoms. The molecule has 0 atom stereocenters. The second kappa shape index (κ2) is 8.24. The molecule has 8 nitrogen and oxygen atoms in total. The van der Waals surface area contributed by atoms with E-state index in [0.717, 1.165) is 5.56 Å². The molecule has 0 unspecified atom stereocenters. The van der Waals surface area contributed by atoms with Crippen molar-refractivity contribution < 1.29 is 8.42 Å². The van der Waals surface area contributed by atoms with E-state index in [1.807, 2.05) is 6.92 Å². The van der Waals surface area contributed by atoms with Crippen LogP contribution >= 0.6 is 11.6 Å². The molecule has 1 heterocycles. The molecule has 25 heavy (non-hydrogen) atoms. The van der Waals surface area contributed by atoms with Gasteiger partial charge in [-0.2, -0.15) is 10.2 Å². The van der Waals surface area contributed by atoms with E-state index in [1.54, 1.807) is 19.1 Å². The lowest BCUT2D eigenvalue weighted by Gasteiger charge is -2.07. The number of nitrogens with one attached hydrogen (secondary N) is 3. The van der Waals surface area contributed by atoms with Crippen molar-refractivity contribution in [1.82, 2.24) is 14.9 Å². The van der Waals surface area contributed by atoms with Crippen molar-refractivity contribution >= 4 is 33.0 Å². The van der Waals surface area contributed by atoms with Crippen LogP contribution in [0, 0.1) is 0 Å². The van der Waals surface area contributed by atoms with Crippen LogP contribution in [0.1, 0.15) is 25.8 Å². The van der Waals surface area contributed by atoms with Crippen LogP contribution in [0.3, 0.4) is 0 Å². The monoisotopic (exact) mass is 383 g/mol. The first-order valence-corrected chi connectivity index (χ1v) is 9.35. The Hall–Kier alpha value is -2.23. The Morgan fingerprint density at radius 1 is 1.32 bits per heavy atom. The van der Waals surface area contributed by atoms with Gasteiger partial charge in [0, 0.05) is 6.54 Å². The molecular formula is C15H18ClN5O3S. The summed E-state index contributed by atoms with van der Waals surface area (Å²) in [7, 11) is -3.50. The molecule has 0 aliphatic carbocycles. The highest BCUT2D eigenvalue weighted by Crippen LogP contribution is 2.15. The Kier molecular flexibility index (Phi) is 6.29. The molecule has 3 N–H and O–H groups in total. The van der Waals surface area contributed by atoms with E-state index >= 15 is 0 Å². The number of hydrazone groups is 1. The zero-order valence-corrected chi connectivity index (χ0v) is 15.3. The lowest BCUT2D eigenvalue weighted by molar-refractivity contribution is 0.581. The predicted octanol–water partition coefficient (Wildman–Crippen LogP) is 1.95. The fourth-order valence-electron chi connectivity index (χ4n) is 1.87. The Labute approximate surface area is 150 Å². The number of sulfonamides is 1. The van der Waals surface area contributed by atoms with Gasteiger partial charge in [0.15, 0.2) is 0 Å². The van der Waals surface area contributed by atoms with Crippen LogP contribution in [0.25, 0.3) is 0 Å². The van der Waals surface area contributed by atoms with Gasteiger partial charge in [-0.3, -0.25) is 10.2 Å². The molecule has 0 saturated heterocycles. The van der Waals surface area contributed by atoms with Crippen LogP contribution < -0.4 is 15.7 Å². The Morgan fingerprint density at radius 2 is 2.00 bits per heavy atom. The molecule has 2 rings (SSSR count). The van der Waals surface area contributed by atoms with Gasteiger partial charge in [0.2, 0.25) is 10.0 Å². The first-order valence-electron chi connectivity index (χ1n) is 7.48. The number of halogens is 1. The summed E-state index contributed by atoms with van der Waals surface area (Å²) in [6.45, 7) is 4.01. The third-order valence-corrected chi connectivity index (χ3v) is 5.12. The van der Waals surface area contributed by atoms with Gasteiger partial charge >= 0.3 is 0 Å². The molecule has 10 heteroatoms. The summed E-state index contributed by atoms with van der Waals surface area (Å²) < 4.78 is 26.6. The van der Waals surface area contributed by atoms with Crippen molar-refractivity contribution in [1.29, 1.82) is 0 Å². The number of H-pyrrole nitrogens is 1. The van der Waals surface area contributed by atoms with E-state index < -0.39 is 15.6 Å². The van der Waals surface area contributed by atoms with Crippen LogP contribution in [-0.4, -0.2) is 30.9 Å². The molecule has 0 amide bonds. The van der Waals surface area contributed by atoms with E-state index in [0.29, 0.717) is 18.7 Å². The van der Waals surface area contributed by atoms with E-state index in [2.05, 4.69) is 25.4 Å². The minimum absolute atomic E-state index is 0.0463. The molecule has 0 aliphatic heterocycles. The Morgan fingerprint density at radius 3 is 2.64 bits per heavy atom. The van der Waals surface area contributed by atoms with Gasteiger partial charge in [0.1, 0.15) is 10.7 Å². The number of hydrogen-bond acceptors (Lipinski definition) is 6. The van der Waals surface area contributed by atoms with Crippen LogP contribution in [0.4, 0.5) is 5.69 Å². The van der Waals surface area contributed by atoms with Gasteiger partial charge in [-0.05, 0) is 31.0 Å². The molecule has 0 fully saturated rings. The van der Waals surface area contributed by atoms with Crippen molar-refractivity contribution in [2.45, 2.75) is 25.2 Å². The highest BCUT2D eigenvalue weighted by atomic mass is 35.5. The fourth-order valence-corrected chi connectivity index (χ4v) is 3.13. The second-order valence-electron chi connectivity index (χ2n) is 5.16. The molecule has 2 aromatic rings. The van der Waals surface area contributed by atoms with Gasteiger partial charge in [-0.15, -0.1) is 0 Å². The highest BCUT2D eigenvalue weighted by Gasteiger charge is 2.13. The predicted molar refractivity (Wildman–Crippen MR) is 97.6 cm³/mol. The smallest absolute Gasteiger partial charge is 0.275 e. The number of anilines is 1. The Balaban J connectivity index is 2.16. The van der Waals surface area contributed by atoms with E-state index in [1.165, 1.54) is 18.3 Å². The summed E-state index contributed by atoms with van der Waals surface area (Å²) in [4.78, 5) is 11.5. The maximum atomic E-state index is 12.0. The lowest BCUT2D eigenvalue weighted by atomic mass is 10.1. The third-order valence-electron chi connectivity index (χ3n) is 3.26. The maximum Gasteiger partial charge on any atom is 0.285 e. The average Bonchev–Trinajstić information content (AvgIpc) is 2.61. The quantitative estimate of drug-likeness (QED) is 0.499. The highest BCUT2D eigenvalue weighted by molar-refractivity contribution is 7.89. The van der Waals surface area contributed by atoms with Crippen molar-refractivity contribution in [3.63, 3.8) is 0 Å². The van der Waals surface area contributed by atoms with Gasteiger partial charge in [-0.1, -0.05) is 30.7 Å². The SMILES string of the molecule is CCCNS(=O)(=O)c1ccc(/C(C)=N\Nc2cn[nH]c(=O)c2Cl)cc1. The number of rotatable bonds is 7. The third kappa shape index (κ3) is 4.88. The molecule has 0 bridgehead atoms. The first kappa shape index (κ1) is 19.1. The van der Waals surface area contributed by atoms with Crippen LogP contribution in [-0.2, 0) is 10.0 Å². The topological polar surface area (TPSA) is 116 Å². The number of nitrogens with zero attached hydrogens (tertiary/aromatic N) is 2. The van der Waals surface area contributed by atoms with Gasteiger partial charge in [-0.25, -0.2) is 18.2 Å². The van der Waals surface area contributed by atoms with Gasteiger partial charge in [0.05, 0.1) is 16.8 Å².